The zero-order valence-corrected chi connectivity index (χ0v) is 16.1. The molecule has 0 spiro atoms. The lowest BCUT2D eigenvalue weighted by molar-refractivity contribution is 0.0997. The number of carbonyl (C=O) groups is 1. The van der Waals surface area contributed by atoms with Crippen LogP contribution in [0.2, 0.25) is 0 Å². The van der Waals surface area contributed by atoms with Gasteiger partial charge in [0.05, 0.1) is 27.0 Å². The van der Waals surface area contributed by atoms with Crippen LogP contribution in [0.3, 0.4) is 0 Å². The monoisotopic (exact) mass is 383 g/mol. The average Bonchev–Trinajstić information content (AvgIpc) is 3.22. The smallest absolute Gasteiger partial charge is 0.308 e. The zero-order chi connectivity index (χ0) is 18.1. The number of hydrogen-bond acceptors (Lipinski definition) is 5. The van der Waals surface area contributed by atoms with Gasteiger partial charge in [0.2, 0.25) is 0 Å². The normalized spacial score (nSPS) is 12.3. The van der Waals surface area contributed by atoms with Crippen molar-refractivity contribution in [3.05, 3.63) is 57.8 Å². The Morgan fingerprint density at radius 2 is 1.96 bits per heavy atom. The van der Waals surface area contributed by atoms with Gasteiger partial charge in [0.25, 0.3) is 0 Å². The third-order valence-electron chi connectivity index (χ3n) is 4.10. The lowest BCUT2D eigenvalue weighted by atomic mass is 10.2. The number of aryl methyl sites for hydroxylation is 1. The molecule has 4 rings (SSSR count). The van der Waals surface area contributed by atoms with Crippen molar-refractivity contribution in [2.75, 3.05) is 13.7 Å². The number of rotatable bonds is 4. The number of fused-ring (bicyclic) bond motifs is 2. The molecule has 0 bridgehead atoms. The molecule has 132 valence electrons. The zero-order valence-electron chi connectivity index (χ0n) is 14.4. The number of nitrogens with zero attached hydrogens (tertiary/aromatic N) is 3. The molecule has 0 N–H and O–H groups in total. The van der Waals surface area contributed by atoms with E-state index in [1.165, 1.54) is 22.7 Å². The molecule has 0 aliphatic rings. The number of benzene rings is 2. The third kappa shape index (κ3) is 3.09. The van der Waals surface area contributed by atoms with E-state index in [1.54, 1.807) is 7.11 Å². The van der Waals surface area contributed by atoms with Gasteiger partial charge in [-0.25, -0.2) is 4.98 Å². The predicted molar refractivity (Wildman–Crippen MR) is 106 cm³/mol. The van der Waals surface area contributed by atoms with Gasteiger partial charge in [-0.3, -0.25) is 4.79 Å². The Morgan fingerprint density at radius 3 is 2.77 bits per heavy atom. The minimum atomic E-state index is -0.304. The Hall–Kier alpha value is -2.35. The molecule has 0 saturated heterocycles. The first-order valence-corrected chi connectivity index (χ1v) is 9.83. The SMILES string of the molecule is COCCn1c(=NC(=O)c2nc3ccccc3s2)sc2cccc(C)c21. The second-order valence-corrected chi connectivity index (χ2v) is 7.89. The van der Waals surface area contributed by atoms with E-state index in [1.807, 2.05) is 30.3 Å². The summed E-state index contributed by atoms with van der Waals surface area (Å²) in [7, 11) is 1.67. The highest BCUT2D eigenvalue weighted by Crippen LogP contribution is 2.23. The predicted octanol–water partition coefficient (Wildman–Crippen LogP) is 4.01. The molecule has 0 saturated carbocycles. The van der Waals surface area contributed by atoms with E-state index in [-0.39, 0.29) is 5.91 Å². The van der Waals surface area contributed by atoms with Gasteiger partial charge in [0, 0.05) is 13.7 Å². The molecule has 2 heterocycles. The van der Waals surface area contributed by atoms with Crippen LogP contribution in [0.15, 0.2) is 47.5 Å². The van der Waals surface area contributed by atoms with E-state index >= 15 is 0 Å². The van der Waals surface area contributed by atoms with Gasteiger partial charge < -0.3 is 9.30 Å². The molecule has 2 aromatic carbocycles. The summed E-state index contributed by atoms with van der Waals surface area (Å²) >= 11 is 2.89. The second-order valence-electron chi connectivity index (χ2n) is 5.85. The van der Waals surface area contributed by atoms with Gasteiger partial charge in [-0.05, 0) is 30.7 Å². The number of thiazole rings is 2. The number of para-hydroxylation sites is 2. The fourth-order valence-corrected chi connectivity index (χ4v) is 4.86. The van der Waals surface area contributed by atoms with Crippen LogP contribution >= 0.6 is 22.7 Å². The first kappa shape index (κ1) is 17.1. The van der Waals surface area contributed by atoms with E-state index in [9.17, 15) is 4.79 Å². The molecule has 7 heteroatoms. The van der Waals surface area contributed by atoms with Gasteiger partial charge in [-0.1, -0.05) is 35.6 Å². The van der Waals surface area contributed by atoms with Crippen molar-refractivity contribution >= 4 is 49.0 Å². The Bertz CT molecular complexity index is 1140. The molecule has 2 aromatic heterocycles. The standard InChI is InChI=1S/C19H17N3O2S2/c1-12-6-5-9-15-16(12)22(10-11-24-2)19(26-15)21-17(23)18-20-13-7-3-4-8-14(13)25-18/h3-9H,10-11H2,1-2H3. The molecule has 0 radical (unpaired) electrons. The van der Waals surface area contributed by atoms with Crippen LogP contribution in [-0.2, 0) is 11.3 Å². The highest BCUT2D eigenvalue weighted by Gasteiger charge is 2.14. The van der Waals surface area contributed by atoms with E-state index in [4.69, 9.17) is 4.74 Å². The highest BCUT2D eigenvalue weighted by atomic mass is 32.1. The van der Waals surface area contributed by atoms with Gasteiger partial charge in [0.1, 0.15) is 0 Å². The van der Waals surface area contributed by atoms with E-state index < -0.39 is 0 Å². The maximum absolute atomic E-state index is 12.7. The van der Waals surface area contributed by atoms with E-state index in [0.29, 0.717) is 23.0 Å². The molecule has 0 atom stereocenters. The third-order valence-corrected chi connectivity index (χ3v) is 6.16. The minimum absolute atomic E-state index is 0.304. The van der Waals surface area contributed by atoms with Crippen LogP contribution in [0.5, 0.6) is 0 Å². The summed E-state index contributed by atoms with van der Waals surface area (Å²) in [6, 6.07) is 13.9. The molecule has 0 aliphatic carbocycles. The second kappa shape index (κ2) is 7.11. The highest BCUT2D eigenvalue weighted by molar-refractivity contribution is 7.20. The fourth-order valence-electron chi connectivity index (χ4n) is 2.88. The summed E-state index contributed by atoms with van der Waals surface area (Å²) in [6.07, 6.45) is 0. The van der Waals surface area contributed by atoms with Crippen LogP contribution < -0.4 is 4.80 Å². The van der Waals surface area contributed by atoms with Crippen molar-refractivity contribution in [2.45, 2.75) is 13.5 Å². The average molecular weight is 383 g/mol. The van der Waals surface area contributed by atoms with Crippen molar-refractivity contribution in [1.82, 2.24) is 9.55 Å². The van der Waals surface area contributed by atoms with E-state index in [2.05, 4.69) is 33.6 Å². The van der Waals surface area contributed by atoms with Gasteiger partial charge in [0.15, 0.2) is 9.81 Å². The van der Waals surface area contributed by atoms with Crippen LogP contribution in [0.1, 0.15) is 15.4 Å². The van der Waals surface area contributed by atoms with Crippen molar-refractivity contribution in [2.24, 2.45) is 4.99 Å². The maximum atomic E-state index is 12.7. The molecule has 1 amide bonds. The van der Waals surface area contributed by atoms with Crippen LogP contribution in [0.4, 0.5) is 0 Å². The summed E-state index contributed by atoms with van der Waals surface area (Å²) in [5.74, 6) is -0.304. The molecular weight excluding hydrogens is 366 g/mol. The van der Waals surface area contributed by atoms with Crippen molar-refractivity contribution in [3.8, 4) is 0 Å². The summed E-state index contributed by atoms with van der Waals surface area (Å²) < 4.78 is 9.39. The number of methoxy groups -OCH3 is 1. The molecule has 0 aliphatic heterocycles. The minimum Gasteiger partial charge on any atom is -0.383 e. The van der Waals surface area contributed by atoms with E-state index in [0.717, 1.165) is 26.0 Å². The first-order valence-electron chi connectivity index (χ1n) is 8.20. The number of carbonyl (C=O) groups excluding carboxylic acids is 1. The van der Waals surface area contributed by atoms with Crippen LogP contribution in [0.25, 0.3) is 20.4 Å². The topological polar surface area (TPSA) is 56.5 Å². The molecule has 0 fully saturated rings. The Balaban J connectivity index is 1.83. The largest absolute Gasteiger partial charge is 0.383 e. The molecular formula is C19H17N3O2S2. The number of ether oxygens (including phenoxy) is 1. The number of aromatic nitrogens is 2. The van der Waals surface area contributed by atoms with Crippen molar-refractivity contribution in [3.63, 3.8) is 0 Å². The molecule has 4 aromatic rings. The molecule has 5 nitrogen and oxygen atoms in total. The Morgan fingerprint density at radius 1 is 1.15 bits per heavy atom. The van der Waals surface area contributed by atoms with Gasteiger partial charge in [-0.2, -0.15) is 4.99 Å². The lowest BCUT2D eigenvalue weighted by Gasteiger charge is -2.06. The van der Waals surface area contributed by atoms with Crippen LogP contribution in [-0.4, -0.2) is 29.2 Å². The van der Waals surface area contributed by atoms with Crippen LogP contribution in [0, 0.1) is 6.92 Å². The summed E-state index contributed by atoms with van der Waals surface area (Å²) in [5.41, 5.74) is 3.09. The Labute approximate surface area is 158 Å². The van der Waals surface area contributed by atoms with Crippen molar-refractivity contribution < 1.29 is 9.53 Å². The Kier molecular flexibility index (Phi) is 4.67. The number of amides is 1. The lowest BCUT2D eigenvalue weighted by Crippen LogP contribution is -2.19. The van der Waals surface area contributed by atoms with Gasteiger partial charge >= 0.3 is 5.91 Å². The maximum Gasteiger partial charge on any atom is 0.308 e. The number of hydrogen-bond donors (Lipinski definition) is 0. The summed E-state index contributed by atoms with van der Waals surface area (Å²) in [6.45, 7) is 3.27. The summed E-state index contributed by atoms with van der Waals surface area (Å²) in [5, 5.41) is 0.415. The molecule has 0 unspecified atom stereocenters. The first-order chi connectivity index (χ1) is 12.7. The summed E-state index contributed by atoms with van der Waals surface area (Å²) in [4.78, 5) is 22.2. The quantitative estimate of drug-likeness (QED) is 0.535. The molecule has 26 heavy (non-hydrogen) atoms. The van der Waals surface area contributed by atoms with Crippen molar-refractivity contribution in [1.29, 1.82) is 0 Å². The van der Waals surface area contributed by atoms with Gasteiger partial charge in [-0.15, -0.1) is 11.3 Å². The fraction of sp³-hybridized carbons (Fsp3) is 0.211.